The Labute approximate surface area is 102 Å². The van der Waals surface area contributed by atoms with Gasteiger partial charge in [0.15, 0.2) is 10.6 Å². The predicted molar refractivity (Wildman–Crippen MR) is 66.6 cm³/mol. The van der Waals surface area contributed by atoms with Crippen LogP contribution in [0.1, 0.15) is 5.56 Å². The number of rotatable bonds is 4. The maximum absolute atomic E-state index is 11.3. The van der Waals surface area contributed by atoms with Crippen molar-refractivity contribution in [3.05, 3.63) is 23.8 Å². The Bertz CT molecular complexity index is 508. The second-order valence-corrected chi connectivity index (χ2v) is 5.92. The van der Waals surface area contributed by atoms with Crippen molar-refractivity contribution < 1.29 is 18.1 Å². The molecule has 0 bridgehead atoms. The number of quaternary nitrogens is 1. The molecular formula is C11H18NO4S+. The third-order valence-corrected chi connectivity index (χ3v) is 3.63. The van der Waals surface area contributed by atoms with E-state index in [0.717, 1.165) is 5.56 Å². The molecule has 0 atom stereocenters. The van der Waals surface area contributed by atoms with Crippen LogP contribution in [-0.2, 0) is 10.1 Å². The number of benzene rings is 1. The first kappa shape index (κ1) is 14.1. The van der Waals surface area contributed by atoms with Crippen LogP contribution < -0.4 is 4.48 Å². The van der Waals surface area contributed by atoms with E-state index in [1.165, 1.54) is 6.07 Å². The van der Waals surface area contributed by atoms with Gasteiger partial charge in [-0.2, -0.15) is 8.42 Å². The van der Waals surface area contributed by atoms with Crippen LogP contribution in [0.5, 0.6) is 0 Å². The van der Waals surface area contributed by atoms with Gasteiger partial charge in [0.25, 0.3) is 10.1 Å². The molecule has 0 radical (unpaired) electrons. The average Bonchev–Trinajstić information content (AvgIpc) is 2.15. The molecule has 0 saturated carbocycles. The Morgan fingerprint density at radius 2 is 1.88 bits per heavy atom. The molecule has 0 saturated heterocycles. The Hall–Kier alpha value is -0.950. The number of hydrogen-bond donors (Lipinski definition) is 2. The molecule has 96 valence electrons. The van der Waals surface area contributed by atoms with Gasteiger partial charge in [0, 0.05) is 5.56 Å². The van der Waals surface area contributed by atoms with Gasteiger partial charge in [-0.15, -0.1) is 0 Å². The van der Waals surface area contributed by atoms with Crippen molar-refractivity contribution in [2.75, 3.05) is 27.2 Å². The van der Waals surface area contributed by atoms with Gasteiger partial charge in [0.1, 0.15) is 6.54 Å². The van der Waals surface area contributed by atoms with Crippen molar-refractivity contribution in [1.29, 1.82) is 0 Å². The molecule has 0 unspecified atom stereocenters. The first-order valence-corrected chi connectivity index (χ1v) is 6.65. The van der Waals surface area contributed by atoms with Gasteiger partial charge in [-0.3, -0.25) is 9.04 Å². The SMILES string of the molecule is Cc1cccc(S(=O)(=O)O)c1[N+](C)(C)CCO. The predicted octanol–water partition coefficient (Wildman–Crippen LogP) is 0.801. The molecule has 0 heterocycles. The summed E-state index contributed by atoms with van der Waals surface area (Å²) in [5.74, 6) is 0. The van der Waals surface area contributed by atoms with Gasteiger partial charge in [-0.25, -0.2) is 0 Å². The Kier molecular flexibility index (Phi) is 3.93. The minimum Gasteiger partial charge on any atom is -0.390 e. The molecule has 0 aliphatic heterocycles. The number of hydrogen-bond acceptors (Lipinski definition) is 3. The van der Waals surface area contributed by atoms with Gasteiger partial charge in [-0.1, -0.05) is 12.1 Å². The molecule has 1 aromatic rings. The number of aliphatic hydroxyl groups is 1. The van der Waals surface area contributed by atoms with E-state index in [1.54, 1.807) is 33.2 Å². The molecule has 1 aromatic carbocycles. The standard InChI is InChI=1S/C11H17NO4S/c1-9-5-4-6-10(17(14,15)16)11(9)12(2,3)7-8-13/h4-6,13H,7-8H2,1-3H3/p+1. The third kappa shape index (κ3) is 3.04. The molecule has 0 aliphatic carbocycles. The summed E-state index contributed by atoms with van der Waals surface area (Å²) in [6.07, 6.45) is 0. The Morgan fingerprint density at radius 3 is 2.35 bits per heavy atom. The van der Waals surface area contributed by atoms with Crippen LogP contribution in [0.3, 0.4) is 0 Å². The molecule has 6 heteroatoms. The maximum atomic E-state index is 11.3. The van der Waals surface area contributed by atoms with Gasteiger partial charge >= 0.3 is 0 Å². The fourth-order valence-electron chi connectivity index (χ4n) is 1.98. The molecule has 0 aliphatic rings. The lowest BCUT2D eigenvalue weighted by atomic mass is 10.1. The average molecular weight is 260 g/mol. The van der Waals surface area contributed by atoms with Crippen LogP contribution in [0, 0.1) is 6.92 Å². The smallest absolute Gasteiger partial charge is 0.300 e. The fourth-order valence-corrected chi connectivity index (χ4v) is 2.88. The van der Waals surface area contributed by atoms with Crippen molar-refractivity contribution in [3.8, 4) is 0 Å². The minimum atomic E-state index is -4.25. The lowest BCUT2D eigenvalue weighted by molar-refractivity contribution is 0.240. The summed E-state index contributed by atoms with van der Waals surface area (Å²) in [5, 5.41) is 9.02. The van der Waals surface area contributed by atoms with Crippen LogP contribution >= 0.6 is 0 Å². The zero-order chi connectivity index (χ0) is 13.3. The molecule has 0 aromatic heterocycles. The van der Waals surface area contributed by atoms with E-state index < -0.39 is 10.1 Å². The summed E-state index contributed by atoms with van der Waals surface area (Å²) in [5.41, 5.74) is 1.27. The van der Waals surface area contributed by atoms with Crippen LogP contribution in [0.4, 0.5) is 5.69 Å². The first-order chi connectivity index (χ1) is 7.70. The lowest BCUT2D eigenvalue weighted by Gasteiger charge is -2.31. The number of likely N-dealkylation sites (N-methyl/N-ethyl adjacent to an activating group) is 1. The Balaban J connectivity index is 3.52. The van der Waals surface area contributed by atoms with Crippen molar-refractivity contribution in [2.45, 2.75) is 11.8 Å². The molecule has 2 N–H and O–H groups in total. The molecule has 0 amide bonds. The van der Waals surface area contributed by atoms with Crippen LogP contribution in [-0.4, -0.2) is 45.3 Å². The quantitative estimate of drug-likeness (QED) is 0.620. The largest absolute Gasteiger partial charge is 0.390 e. The molecule has 0 fully saturated rings. The molecule has 1 rings (SSSR count). The zero-order valence-electron chi connectivity index (χ0n) is 10.2. The first-order valence-electron chi connectivity index (χ1n) is 5.21. The summed E-state index contributed by atoms with van der Waals surface area (Å²) in [6.45, 7) is 2.08. The normalized spacial score (nSPS) is 12.8. The second-order valence-electron chi connectivity index (χ2n) is 4.53. The van der Waals surface area contributed by atoms with Gasteiger partial charge in [-0.05, 0) is 13.0 Å². The highest BCUT2D eigenvalue weighted by Gasteiger charge is 2.29. The van der Waals surface area contributed by atoms with E-state index in [1.807, 2.05) is 0 Å². The second kappa shape index (κ2) is 4.73. The Morgan fingerprint density at radius 1 is 1.29 bits per heavy atom. The van der Waals surface area contributed by atoms with E-state index in [4.69, 9.17) is 5.11 Å². The van der Waals surface area contributed by atoms with Gasteiger partial charge in [0.2, 0.25) is 0 Å². The summed E-state index contributed by atoms with van der Waals surface area (Å²) in [4.78, 5) is -0.101. The fraction of sp³-hybridized carbons (Fsp3) is 0.455. The van der Waals surface area contributed by atoms with Gasteiger partial charge < -0.3 is 5.11 Å². The monoisotopic (exact) mass is 260 g/mol. The number of nitrogens with zero attached hydrogens (tertiary/aromatic N) is 1. The highest BCUT2D eigenvalue weighted by Crippen LogP contribution is 2.31. The van der Waals surface area contributed by atoms with Crippen molar-refractivity contribution in [3.63, 3.8) is 0 Å². The topological polar surface area (TPSA) is 74.6 Å². The van der Waals surface area contributed by atoms with Crippen LogP contribution in [0.25, 0.3) is 0 Å². The van der Waals surface area contributed by atoms with E-state index in [0.29, 0.717) is 12.2 Å². The maximum Gasteiger partial charge on any atom is 0.300 e. The highest BCUT2D eigenvalue weighted by molar-refractivity contribution is 7.86. The summed E-state index contributed by atoms with van der Waals surface area (Å²) >= 11 is 0. The van der Waals surface area contributed by atoms with Crippen LogP contribution in [0.2, 0.25) is 0 Å². The number of aryl methyl sites for hydroxylation is 1. The lowest BCUT2D eigenvalue weighted by Crippen LogP contribution is -2.44. The van der Waals surface area contributed by atoms with Crippen molar-refractivity contribution >= 4 is 15.8 Å². The van der Waals surface area contributed by atoms with E-state index in [2.05, 4.69) is 0 Å². The minimum absolute atomic E-state index is 0.0632. The third-order valence-electron chi connectivity index (χ3n) is 2.74. The summed E-state index contributed by atoms with van der Waals surface area (Å²) in [7, 11) is -0.685. The highest BCUT2D eigenvalue weighted by atomic mass is 32.2. The zero-order valence-corrected chi connectivity index (χ0v) is 11.0. The number of para-hydroxylation sites is 1. The molecule has 17 heavy (non-hydrogen) atoms. The molecule has 0 spiro atoms. The summed E-state index contributed by atoms with van der Waals surface area (Å²) < 4.78 is 32.1. The summed E-state index contributed by atoms with van der Waals surface area (Å²) in [6, 6.07) is 4.73. The van der Waals surface area contributed by atoms with Gasteiger partial charge in [0.05, 0.1) is 20.7 Å². The molecular weight excluding hydrogens is 242 g/mol. The van der Waals surface area contributed by atoms with Crippen molar-refractivity contribution in [2.24, 2.45) is 0 Å². The van der Waals surface area contributed by atoms with E-state index in [9.17, 15) is 13.0 Å². The molecule has 5 nitrogen and oxygen atoms in total. The van der Waals surface area contributed by atoms with Crippen LogP contribution in [0.15, 0.2) is 23.1 Å². The van der Waals surface area contributed by atoms with E-state index in [-0.39, 0.29) is 16.0 Å². The van der Waals surface area contributed by atoms with Crippen molar-refractivity contribution in [1.82, 2.24) is 4.48 Å². The van der Waals surface area contributed by atoms with E-state index >= 15 is 0 Å². The number of aliphatic hydroxyl groups excluding tert-OH is 1.